The van der Waals surface area contributed by atoms with Crippen LogP contribution in [0.4, 0.5) is 11.4 Å². The molecule has 0 aliphatic carbocycles. The summed E-state index contributed by atoms with van der Waals surface area (Å²) in [6.07, 6.45) is 0. The topological polar surface area (TPSA) is 14.1 Å². The summed E-state index contributed by atoms with van der Waals surface area (Å²) in [5.74, 6) is 0. The van der Waals surface area contributed by atoms with Gasteiger partial charge in [-0.25, -0.2) is 5.32 Å². The van der Waals surface area contributed by atoms with E-state index in [0.717, 1.165) is 11.4 Å². The minimum atomic E-state index is 0.200. The highest BCUT2D eigenvalue weighted by Gasteiger charge is 2.12. The van der Waals surface area contributed by atoms with Crippen LogP contribution in [-0.4, -0.2) is 0 Å². The van der Waals surface area contributed by atoms with Gasteiger partial charge in [-0.05, 0) is 35.2 Å². The van der Waals surface area contributed by atoms with Gasteiger partial charge in [-0.15, -0.1) is 0 Å². The molecular formula is C16H18N. The molecule has 0 saturated heterocycles. The molecule has 17 heavy (non-hydrogen) atoms. The molecule has 1 heteroatoms. The summed E-state index contributed by atoms with van der Waals surface area (Å²) >= 11 is 0. The van der Waals surface area contributed by atoms with E-state index in [2.05, 4.69) is 50.4 Å². The zero-order chi connectivity index (χ0) is 12.3. The van der Waals surface area contributed by atoms with E-state index in [9.17, 15) is 0 Å². The van der Waals surface area contributed by atoms with Crippen molar-refractivity contribution in [3.8, 4) is 0 Å². The van der Waals surface area contributed by atoms with Gasteiger partial charge in [0.15, 0.2) is 0 Å². The van der Waals surface area contributed by atoms with Gasteiger partial charge < -0.3 is 0 Å². The second kappa shape index (κ2) is 4.62. The van der Waals surface area contributed by atoms with E-state index >= 15 is 0 Å². The maximum Gasteiger partial charge on any atom is 0.0637 e. The Kier molecular flexibility index (Phi) is 3.19. The van der Waals surface area contributed by atoms with E-state index in [1.165, 1.54) is 5.56 Å². The van der Waals surface area contributed by atoms with Crippen LogP contribution >= 0.6 is 0 Å². The predicted molar refractivity (Wildman–Crippen MR) is 73.0 cm³/mol. The SMILES string of the molecule is CC(C)(C)c1ccc([N]c2ccccc2)cc1. The fourth-order valence-corrected chi connectivity index (χ4v) is 1.69. The predicted octanol–water partition coefficient (Wildman–Crippen LogP) is 4.55. The van der Waals surface area contributed by atoms with Crippen molar-refractivity contribution in [3.05, 3.63) is 60.2 Å². The molecule has 87 valence electrons. The van der Waals surface area contributed by atoms with Gasteiger partial charge in [-0.1, -0.05) is 51.1 Å². The molecule has 0 atom stereocenters. The maximum absolute atomic E-state index is 4.56. The second-order valence-electron chi connectivity index (χ2n) is 5.24. The molecule has 1 radical (unpaired) electrons. The minimum Gasteiger partial charge on any atom is -0.249 e. The molecule has 0 amide bonds. The van der Waals surface area contributed by atoms with Gasteiger partial charge >= 0.3 is 0 Å². The van der Waals surface area contributed by atoms with Crippen LogP contribution in [-0.2, 0) is 5.41 Å². The summed E-state index contributed by atoms with van der Waals surface area (Å²) in [5.41, 5.74) is 3.54. The lowest BCUT2D eigenvalue weighted by atomic mass is 9.87. The van der Waals surface area contributed by atoms with Crippen LogP contribution in [0, 0.1) is 0 Å². The lowest BCUT2D eigenvalue weighted by Crippen LogP contribution is -2.10. The molecule has 0 aliphatic heterocycles. The molecule has 0 fully saturated rings. The Morgan fingerprint density at radius 1 is 0.706 bits per heavy atom. The maximum atomic E-state index is 4.56. The van der Waals surface area contributed by atoms with Crippen molar-refractivity contribution >= 4 is 11.4 Å². The number of para-hydroxylation sites is 1. The largest absolute Gasteiger partial charge is 0.249 e. The molecule has 2 rings (SSSR count). The van der Waals surface area contributed by atoms with Crippen molar-refractivity contribution < 1.29 is 0 Å². The van der Waals surface area contributed by atoms with Crippen LogP contribution in [0.15, 0.2) is 54.6 Å². The van der Waals surface area contributed by atoms with Crippen molar-refractivity contribution in [1.82, 2.24) is 5.32 Å². The number of nitrogens with zero attached hydrogens (tertiary/aromatic N) is 1. The van der Waals surface area contributed by atoms with E-state index in [1.54, 1.807) is 0 Å². The van der Waals surface area contributed by atoms with Crippen molar-refractivity contribution in [3.63, 3.8) is 0 Å². The van der Waals surface area contributed by atoms with Crippen molar-refractivity contribution in [2.45, 2.75) is 26.2 Å². The Morgan fingerprint density at radius 2 is 1.24 bits per heavy atom. The van der Waals surface area contributed by atoms with E-state index < -0.39 is 0 Å². The van der Waals surface area contributed by atoms with Gasteiger partial charge in [-0.2, -0.15) is 0 Å². The summed E-state index contributed by atoms with van der Waals surface area (Å²) in [5, 5.41) is 4.56. The van der Waals surface area contributed by atoms with E-state index in [4.69, 9.17) is 0 Å². The van der Waals surface area contributed by atoms with Gasteiger partial charge in [0.05, 0.1) is 11.4 Å². The average Bonchev–Trinajstić information content (AvgIpc) is 2.30. The zero-order valence-electron chi connectivity index (χ0n) is 10.6. The Morgan fingerprint density at radius 3 is 1.76 bits per heavy atom. The van der Waals surface area contributed by atoms with Crippen LogP contribution in [0.25, 0.3) is 0 Å². The zero-order valence-corrected chi connectivity index (χ0v) is 10.6. The highest BCUT2D eigenvalue weighted by Crippen LogP contribution is 2.24. The molecular weight excluding hydrogens is 206 g/mol. The molecule has 2 aromatic rings. The third-order valence-corrected chi connectivity index (χ3v) is 2.75. The summed E-state index contributed by atoms with van der Waals surface area (Å²) in [7, 11) is 0. The molecule has 0 heterocycles. The fraction of sp³-hybridized carbons (Fsp3) is 0.250. The van der Waals surface area contributed by atoms with Gasteiger partial charge in [0, 0.05) is 0 Å². The monoisotopic (exact) mass is 224 g/mol. The van der Waals surface area contributed by atoms with E-state index in [0.29, 0.717) is 0 Å². The van der Waals surface area contributed by atoms with Crippen LogP contribution in [0.2, 0.25) is 0 Å². The molecule has 0 N–H and O–H groups in total. The highest BCUT2D eigenvalue weighted by molar-refractivity contribution is 5.49. The molecule has 0 saturated carbocycles. The molecule has 0 spiro atoms. The first kappa shape index (κ1) is 11.7. The summed E-state index contributed by atoms with van der Waals surface area (Å²) in [6, 6.07) is 18.5. The minimum absolute atomic E-state index is 0.200. The highest BCUT2D eigenvalue weighted by atomic mass is 14.9. The Labute approximate surface area is 103 Å². The van der Waals surface area contributed by atoms with Crippen LogP contribution in [0.3, 0.4) is 0 Å². The van der Waals surface area contributed by atoms with Crippen LogP contribution in [0.1, 0.15) is 26.3 Å². The molecule has 0 aliphatic rings. The summed E-state index contributed by atoms with van der Waals surface area (Å²) < 4.78 is 0. The smallest absolute Gasteiger partial charge is 0.0637 e. The van der Waals surface area contributed by atoms with Gasteiger partial charge in [0.1, 0.15) is 0 Å². The first-order valence-corrected chi connectivity index (χ1v) is 5.93. The lowest BCUT2D eigenvalue weighted by molar-refractivity contribution is 0.590. The summed E-state index contributed by atoms with van der Waals surface area (Å²) in [4.78, 5) is 0. The number of benzene rings is 2. The summed E-state index contributed by atoms with van der Waals surface area (Å²) in [6.45, 7) is 6.66. The first-order chi connectivity index (χ1) is 8.05. The number of hydrogen-bond donors (Lipinski definition) is 0. The second-order valence-corrected chi connectivity index (χ2v) is 5.24. The van der Waals surface area contributed by atoms with Gasteiger partial charge in [0.25, 0.3) is 0 Å². The molecule has 0 unspecified atom stereocenters. The quantitative estimate of drug-likeness (QED) is 0.710. The third-order valence-electron chi connectivity index (χ3n) is 2.75. The third kappa shape index (κ3) is 3.10. The van der Waals surface area contributed by atoms with E-state index in [-0.39, 0.29) is 5.41 Å². The van der Waals surface area contributed by atoms with Crippen LogP contribution in [0.5, 0.6) is 0 Å². The van der Waals surface area contributed by atoms with Gasteiger partial charge in [-0.3, -0.25) is 0 Å². The van der Waals surface area contributed by atoms with Crippen molar-refractivity contribution in [2.75, 3.05) is 0 Å². The molecule has 0 bridgehead atoms. The fourth-order valence-electron chi connectivity index (χ4n) is 1.69. The Hall–Kier alpha value is -1.76. The standard InChI is InChI=1S/C16H18N/c1-16(2,3)13-9-11-15(12-10-13)17-14-7-5-4-6-8-14/h4-12H,1-3H3. The molecule has 0 aromatic heterocycles. The molecule has 2 aromatic carbocycles. The number of hydrogen-bond acceptors (Lipinski definition) is 0. The normalized spacial score (nSPS) is 11.2. The van der Waals surface area contributed by atoms with Gasteiger partial charge in [0.2, 0.25) is 0 Å². The van der Waals surface area contributed by atoms with E-state index in [1.807, 2.05) is 30.3 Å². The van der Waals surface area contributed by atoms with Crippen molar-refractivity contribution in [2.24, 2.45) is 0 Å². The lowest BCUT2D eigenvalue weighted by Gasteiger charge is -2.19. The Bertz CT molecular complexity index is 463. The first-order valence-electron chi connectivity index (χ1n) is 5.93. The van der Waals surface area contributed by atoms with Crippen LogP contribution < -0.4 is 5.32 Å². The number of rotatable bonds is 2. The average molecular weight is 224 g/mol. The molecule has 1 nitrogen and oxygen atoms in total. The Balaban J connectivity index is 2.14. The van der Waals surface area contributed by atoms with Crippen molar-refractivity contribution in [1.29, 1.82) is 0 Å².